The lowest BCUT2D eigenvalue weighted by molar-refractivity contribution is 0.297. The van der Waals surface area contributed by atoms with Crippen molar-refractivity contribution in [3.63, 3.8) is 0 Å². The molecule has 4 nitrogen and oxygen atoms in total. The van der Waals surface area contributed by atoms with Gasteiger partial charge in [0.05, 0.1) is 24.0 Å². The normalized spacial score (nSPS) is 16.6. The summed E-state index contributed by atoms with van der Waals surface area (Å²) in [5, 5.41) is 0. The van der Waals surface area contributed by atoms with E-state index in [-0.39, 0.29) is 5.41 Å². The molecule has 0 aromatic heterocycles. The summed E-state index contributed by atoms with van der Waals surface area (Å²) in [5.41, 5.74) is 5.73. The molecular weight excluding hydrogens is 274 g/mol. The summed E-state index contributed by atoms with van der Waals surface area (Å²) in [4.78, 5) is 0.794. The Kier molecular flexibility index (Phi) is 5.05. The van der Waals surface area contributed by atoms with E-state index in [1.54, 1.807) is 0 Å². The van der Waals surface area contributed by atoms with E-state index in [4.69, 9.17) is 15.2 Å². The van der Waals surface area contributed by atoms with Crippen LogP contribution < -0.4 is 15.2 Å². The Labute approximate surface area is 123 Å². The van der Waals surface area contributed by atoms with Crippen LogP contribution in [0.5, 0.6) is 11.5 Å². The van der Waals surface area contributed by atoms with Crippen LogP contribution in [0.2, 0.25) is 0 Å². The topological polar surface area (TPSA) is 61.6 Å². The van der Waals surface area contributed by atoms with Crippen LogP contribution in [0.4, 0.5) is 0 Å². The molecule has 1 aliphatic heterocycles. The highest BCUT2D eigenvalue weighted by Gasteiger charge is 2.18. The van der Waals surface area contributed by atoms with Crippen molar-refractivity contribution in [1.29, 1.82) is 0 Å². The molecule has 1 heterocycles. The van der Waals surface area contributed by atoms with E-state index in [0.29, 0.717) is 31.3 Å². The van der Waals surface area contributed by atoms with Gasteiger partial charge in [-0.25, -0.2) is 0 Å². The minimum Gasteiger partial charge on any atom is -0.490 e. The standard InChI is InChI=1S/C15H23NO3S/c1-15(2,11-16)6-9-20(17)12-4-5-13-14(10-12)19-8-3-7-18-13/h4-5,10H,3,6-9,11,16H2,1-2H3. The van der Waals surface area contributed by atoms with E-state index in [0.717, 1.165) is 23.5 Å². The highest BCUT2D eigenvalue weighted by atomic mass is 32.2. The number of rotatable bonds is 5. The first kappa shape index (κ1) is 15.3. The van der Waals surface area contributed by atoms with Crippen LogP contribution in [0.25, 0.3) is 0 Å². The zero-order valence-electron chi connectivity index (χ0n) is 12.2. The molecule has 0 saturated heterocycles. The molecule has 5 heteroatoms. The van der Waals surface area contributed by atoms with E-state index in [9.17, 15) is 4.21 Å². The van der Waals surface area contributed by atoms with Gasteiger partial charge in [0.2, 0.25) is 0 Å². The number of hydrogen-bond acceptors (Lipinski definition) is 4. The molecule has 112 valence electrons. The largest absolute Gasteiger partial charge is 0.490 e. The molecular formula is C15H23NO3S. The van der Waals surface area contributed by atoms with Crippen molar-refractivity contribution in [3.8, 4) is 11.5 Å². The number of hydrogen-bond donors (Lipinski definition) is 1. The lowest BCUT2D eigenvalue weighted by Gasteiger charge is -2.21. The molecule has 1 aromatic rings. The summed E-state index contributed by atoms with van der Waals surface area (Å²) in [6.07, 6.45) is 1.71. The Hall–Kier alpha value is -1.07. The Balaban J connectivity index is 2.05. The molecule has 1 unspecified atom stereocenters. The van der Waals surface area contributed by atoms with Crippen LogP contribution in [0.1, 0.15) is 26.7 Å². The Morgan fingerprint density at radius 3 is 2.65 bits per heavy atom. The number of fused-ring (bicyclic) bond motifs is 1. The highest BCUT2D eigenvalue weighted by molar-refractivity contribution is 7.85. The Morgan fingerprint density at radius 1 is 1.25 bits per heavy atom. The SMILES string of the molecule is CC(C)(CN)CCS(=O)c1ccc2c(c1)OCCCO2. The van der Waals surface area contributed by atoms with Crippen molar-refractivity contribution in [1.82, 2.24) is 0 Å². The van der Waals surface area contributed by atoms with Gasteiger partial charge in [-0.1, -0.05) is 13.8 Å². The van der Waals surface area contributed by atoms with E-state index in [2.05, 4.69) is 13.8 Å². The second-order valence-corrected chi connectivity index (χ2v) is 7.40. The van der Waals surface area contributed by atoms with Crippen molar-refractivity contribution in [2.75, 3.05) is 25.5 Å². The van der Waals surface area contributed by atoms with Gasteiger partial charge in [0.1, 0.15) is 0 Å². The monoisotopic (exact) mass is 297 g/mol. The Morgan fingerprint density at radius 2 is 1.95 bits per heavy atom. The minimum absolute atomic E-state index is 0.0287. The first-order valence-electron chi connectivity index (χ1n) is 7.00. The van der Waals surface area contributed by atoms with Crippen LogP contribution >= 0.6 is 0 Å². The van der Waals surface area contributed by atoms with Gasteiger partial charge in [-0.3, -0.25) is 4.21 Å². The quantitative estimate of drug-likeness (QED) is 0.906. The third-order valence-electron chi connectivity index (χ3n) is 3.50. The van der Waals surface area contributed by atoms with Crippen molar-refractivity contribution in [2.24, 2.45) is 11.1 Å². The smallest absolute Gasteiger partial charge is 0.162 e. The lowest BCUT2D eigenvalue weighted by atomic mass is 9.91. The summed E-state index contributed by atoms with van der Waals surface area (Å²) in [6, 6.07) is 5.55. The molecule has 1 aromatic carbocycles. The van der Waals surface area contributed by atoms with Gasteiger partial charge >= 0.3 is 0 Å². The Bertz CT molecular complexity index is 488. The van der Waals surface area contributed by atoms with Crippen molar-refractivity contribution in [2.45, 2.75) is 31.6 Å². The molecule has 2 N–H and O–H groups in total. The number of benzene rings is 1. The lowest BCUT2D eigenvalue weighted by Crippen LogP contribution is -2.25. The van der Waals surface area contributed by atoms with Crippen LogP contribution in [0, 0.1) is 5.41 Å². The minimum atomic E-state index is -1.03. The van der Waals surface area contributed by atoms with E-state index < -0.39 is 10.8 Å². The van der Waals surface area contributed by atoms with E-state index in [1.807, 2.05) is 18.2 Å². The van der Waals surface area contributed by atoms with E-state index in [1.165, 1.54) is 0 Å². The van der Waals surface area contributed by atoms with Crippen LogP contribution in [-0.4, -0.2) is 29.7 Å². The summed E-state index contributed by atoms with van der Waals surface area (Å²) in [6.45, 7) is 6.10. The van der Waals surface area contributed by atoms with Crippen molar-refractivity contribution >= 4 is 10.8 Å². The summed E-state index contributed by atoms with van der Waals surface area (Å²) < 4.78 is 23.6. The van der Waals surface area contributed by atoms with Crippen molar-refractivity contribution < 1.29 is 13.7 Å². The van der Waals surface area contributed by atoms with Gasteiger partial charge in [0.25, 0.3) is 0 Å². The molecule has 0 bridgehead atoms. The van der Waals surface area contributed by atoms with Gasteiger partial charge < -0.3 is 15.2 Å². The molecule has 0 fully saturated rings. The zero-order valence-corrected chi connectivity index (χ0v) is 13.0. The molecule has 0 amide bonds. The van der Waals surface area contributed by atoms with Crippen LogP contribution in [0.15, 0.2) is 23.1 Å². The summed E-state index contributed by atoms with van der Waals surface area (Å²) in [7, 11) is -1.03. The molecule has 0 aliphatic carbocycles. The third-order valence-corrected chi connectivity index (χ3v) is 4.85. The average molecular weight is 297 g/mol. The molecule has 0 radical (unpaired) electrons. The second kappa shape index (κ2) is 6.59. The molecule has 0 spiro atoms. The van der Waals surface area contributed by atoms with Gasteiger partial charge in [0, 0.05) is 23.1 Å². The molecule has 0 saturated carbocycles. The average Bonchev–Trinajstić information content (AvgIpc) is 2.69. The van der Waals surface area contributed by atoms with Crippen molar-refractivity contribution in [3.05, 3.63) is 18.2 Å². The number of nitrogens with two attached hydrogens (primary N) is 1. The molecule has 1 atom stereocenters. The highest BCUT2D eigenvalue weighted by Crippen LogP contribution is 2.32. The van der Waals surface area contributed by atoms with Gasteiger partial charge in [-0.15, -0.1) is 0 Å². The first-order valence-corrected chi connectivity index (χ1v) is 8.32. The van der Waals surface area contributed by atoms with Gasteiger partial charge in [-0.2, -0.15) is 0 Å². The fourth-order valence-corrected chi connectivity index (χ4v) is 3.31. The second-order valence-electron chi connectivity index (χ2n) is 5.83. The fourth-order valence-electron chi connectivity index (χ4n) is 1.87. The van der Waals surface area contributed by atoms with Gasteiger partial charge in [-0.05, 0) is 30.5 Å². The summed E-state index contributed by atoms with van der Waals surface area (Å²) in [5.74, 6) is 2.06. The zero-order chi connectivity index (χ0) is 14.6. The number of ether oxygens (including phenoxy) is 2. The molecule has 2 rings (SSSR count). The maximum atomic E-state index is 12.4. The molecule has 1 aliphatic rings. The maximum absolute atomic E-state index is 12.4. The predicted octanol–water partition coefficient (Wildman–Crippen LogP) is 2.33. The molecule has 20 heavy (non-hydrogen) atoms. The van der Waals surface area contributed by atoms with Gasteiger partial charge in [0.15, 0.2) is 11.5 Å². The fraction of sp³-hybridized carbons (Fsp3) is 0.600. The predicted molar refractivity (Wildman–Crippen MR) is 80.8 cm³/mol. The van der Waals surface area contributed by atoms with Crippen LogP contribution in [0.3, 0.4) is 0 Å². The first-order chi connectivity index (χ1) is 9.52. The third kappa shape index (κ3) is 3.96. The maximum Gasteiger partial charge on any atom is 0.162 e. The van der Waals surface area contributed by atoms with E-state index >= 15 is 0 Å². The van der Waals surface area contributed by atoms with Crippen LogP contribution in [-0.2, 0) is 10.8 Å². The summed E-state index contributed by atoms with van der Waals surface area (Å²) >= 11 is 0.